The number of carbonyl (C=O) groups is 1. The second-order valence-electron chi connectivity index (χ2n) is 9.49. The minimum Gasteiger partial charge on any atom is -0.550 e. The maximum atomic E-state index is 14.0. The molecule has 4 rings (SSSR count). The lowest BCUT2D eigenvalue weighted by Crippen LogP contribution is -2.40. The van der Waals surface area contributed by atoms with Gasteiger partial charge >= 0.3 is 12.4 Å². The van der Waals surface area contributed by atoms with Gasteiger partial charge in [0, 0.05) is 18.4 Å². The van der Waals surface area contributed by atoms with Crippen molar-refractivity contribution < 1.29 is 41.0 Å². The SMILES string of the molecule is O=C([O-])C1CCN(Cc2ccc3c(C(F)(F)F)c(OC4CCC(C(F)(F)F)CC4)ccc3c2)CC1. The largest absolute Gasteiger partial charge is 0.550 e. The van der Waals surface area contributed by atoms with Crippen molar-refractivity contribution in [2.24, 2.45) is 11.8 Å². The molecule has 1 aliphatic heterocycles. The highest BCUT2D eigenvalue weighted by Crippen LogP contribution is 2.44. The summed E-state index contributed by atoms with van der Waals surface area (Å²) in [6, 6.07) is 7.46. The van der Waals surface area contributed by atoms with E-state index in [0.717, 1.165) is 5.56 Å². The van der Waals surface area contributed by atoms with Gasteiger partial charge in [0.15, 0.2) is 0 Å². The van der Waals surface area contributed by atoms with Gasteiger partial charge in [0.25, 0.3) is 0 Å². The van der Waals surface area contributed by atoms with Gasteiger partial charge in [-0.05, 0) is 80.1 Å². The van der Waals surface area contributed by atoms with Gasteiger partial charge in [0.05, 0.1) is 12.0 Å². The molecule has 0 N–H and O–H groups in total. The first-order chi connectivity index (χ1) is 16.4. The highest BCUT2D eigenvalue weighted by Gasteiger charge is 2.42. The lowest BCUT2D eigenvalue weighted by Gasteiger charge is -2.32. The number of nitrogens with zero attached hydrogens (tertiary/aromatic N) is 1. The van der Waals surface area contributed by atoms with Crippen LogP contribution < -0.4 is 9.84 Å². The van der Waals surface area contributed by atoms with Crippen LogP contribution in [0.1, 0.15) is 49.7 Å². The lowest BCUT2D eigenvalue weighted by molar-refractivity contribution is -0.312. The van der Waals surface area contributed by atoms with Crippen molar-refractivity contribution in [1.29, 1.82) is 0 Å². The summed E-state index contributed by atoms with van der Waals surface area (Å²) in [6.07, 6.45) is -8.98. The van der Waals surface area contributed by atoms with E-state index >= 15 is 0 Å². The summed E-state index contributed by atoms with van der Waals surface area (Å²) in [5.74, 6) is -3.33. The summed E-state index contributed by atoms with van der Waals surface area (Å²) in [5.41, 5.74) is -0.120. The van der Waals surface area contributed by atoms with Gasteiger partial charge in [0.2, 0.25) is 0 Å². The maximum Gasteiger partial charge on any atom is 0.420 e. The summed E-state index contributed by atoms with van der Waals surface area (Å²) in [4.78, 5) is 13.1. The Morgan fingerprint density at radius 1 is 0.943 bits per heavy atom. The van der Waals surface area contributed by atoms with Crippen LogP contribution in [-0.2, 0) is 17.5 Å². The van der Waals surface area contributed by atoms with Crippen LogP contribution in [0.25, 0.3) is 10.8 Å². The lowest BCUT2D eigenvalue weighted by atomic mass is 9.87. The van der Waals surface area contributed by atoms with Crippen molar-refractivity contribution in [2.75, 3.05) is 13.1 Å². The Balaban J connectivity index is 1.51. The predicted octanol–water partition coefficient (Wildman–Crippen LogP) is 5.32. The van der Waals surface area contributed by atoms with E-state index in [1.165, 1.54) is 18.2 Å². The molecule has 0 atom stereocenters. The fourth-order valence-electron chi connectivity index (χ4n) is 5.12. The number of fused-ring (bicyclic) bond motifs is 1. The first kappa shape index (κ1) is 25.6. The van der Waals surface area contributed by atoms with E-state index in [-0.39, 0.29) is 36.8 Å². The Morgan fingerprint density at radius 2 is 1.60 bits per heavy atom. The van der Waals surface area contributed by atoms with Crippen molar-refractivity contribution in [3.63, 3.8) is 0 Å². The molecule has 192 valence electrons. The monoisotopic (exact) mass is 502 g/mol. The molecule has 35 heavy (non-hydrogen) atoms. The van der Waals surface area contributed by atoms with Crippen molar-refractivity contribution in [3.05, 3.63) is 41.5 Å². The first-order valence-corrected chi connectivity index (χ1v) is 11.7. The number of carbonyl (C=O) groups excluding carboxylic acids is 1. The number of carboxylic acid groups (broad SMARTS) is 1. The quantitative estimate of drug-likeness (QED) is 0.520. The van der Waals surface area contributed by atoms with Gasteiger partial charge in [-0.2, -0.15) is 26.3 Å². The number of rotatable bonds is 5. The van der Waals surface area contributed by atoms with Gasteiger partial charge in [-0.15, -0.1) is 0 Å². The zero-order valence-corrected chi connectivity index (χ0v) is 18.9. The zero-order valence-electron chi connectivity index (χ0n) is 18.9. The second kappa shape index (κ2) is 9.87. The van der Waals surface area contributed by atoms with Crippen LogP contribution in [-0.4, -0.2) is 36.2 Å². The molecule has 4 nitrogen and oxygen atoms in total. The number of likely N-dealkylation sites (tertiary alicyclic amines) is 1. The van der Waals surface area contributed by atoms with E-state index in [1.54, 1.807) is 12.1 Å². The molecule has 0 bridgehead atoms. The molecule has 0 spiro atoms. The normalized spacial score (nSPS) is 22.9. The Labute approximate surface area is 198 Å². The number of aliphatic carboxylic acids is 1. The summed E-state index contributed by atoms with van der Waals surface area (Å²) >= 11 is 0. The van der Waals surface area contributed by atoms with Crippen molar-refractivity contribution in [2.45, 2.75) is 63.5 Å². The molecule has 0 aromatic heterocycles. The van der Waals surface area contributed by atoms with Crippen LogP contribution in [0.5, 0.6) is 5.75 Å². The number of carboxylic acids is 1. The summed E-state index contributed by atoms with van der Waals surface area (Å²) in [6.45, 7) is 1.61. The average Bonchev–Trinajstić information content (AvgIpc) is 2.78. The summed E-state index contributed by atoms with van der Waals surface area (Å²) in [5, 5.41) is 11.4. The van der Waals surface area contributed by atoms with Crippen LogP contribution in [0.3, 0.4) is 0 Å². The van der Waals surface area contributed by atoms with Gasteiger partial charge in [-0.3, -0.25) is 4.90 Å². The average molecular weight is 502 g/mol. The Kier molecular flexibility index (Phi) is 7.22. The van der Waals surface area contributed by atoms with Crippen molar-refractivity contribution in [3.8, 4) is 5.75 Å². The molecule has 1 saturated heterocycles. The standard InChI is InChI=1S/C25H27F6NO3/c26-24(27,28)18-3-5-19(6-4-18)35-21-8-2-17-13-15(1-7-20(17)22(21)25(29,30)31)14-32-11-9-16(10-12-32)23(33)34/h1-2,7-8,13,16,18-19H,3-6,9-12,14H2,(H,33,34)/p-1. The van der Waals surface area contributed by atoms with Gasteiger partial charge < -0.3 is 14.6 Å². The number of hydrogen-bond donors (Lipinski definition) is 0. The fourth-order valence-corrected chi connectivity index (χ4v) is 5.12. The predicted molar refractivity (Wildman–Crippen MR) is 114 cm³/mol. The third kappa shape index (κ3) is 6.02. The molecule has 2 aliphatic rings. The summed E-state index contributed by atoms with van der Waals surface area (Å²) < 4.78 is 86.4. The fraction of sp³-hybridized carbons (Fsp3) is 0.560. The summed E-state index contributed by atoms with van der Waals surface area (Å²) in [7, 11) is 0. The van der Waals surface area contributed by atoms with Crippen LogP contribution in [0.4, 0.5) is 26.3 Å². The smallest absolute Gasteiger partial charge is 0.420 e. The molecule has 0 radical (unpaired) electrons. The zero-order chi connectivity index (χ0) is 25.4. The molecule has 2 aromatic carbocycles. The maximum absolute atomic E-state index is 14.0. The molecule has 10 heteroatoms. The van der Waals surface area contributed by atoms with Crippen molar-refractivity contribution in [1.82, 2.24) is 4.90 Å². The Morgan fingerprint density at radius 3 is 2.17 bits per heavy atom. The molecule has 0 unspecified atom stereocenters. The molecule has 1 saturated carbocycles. The third-order valence-electron chi connectivity index (χ3n) is 7.09. The number of alkyl halides is 6. The minimum atomic E-state index is -4.70. The first-order valence-electron chi connectivity index (χ1n) is 11.7. The molecule has 1 heterocycles. The van der Waals surface area contributed by atoms with Crippen LogP contribution in [0, 0.1) is 11.8 Å². The highest BCUT2D eigenvalue weighted by atomic mass is 19.4. The molecule has 1 aliphatic carbocycles. The van der Waals surface area contributed by atoms with Crippen molar-refractivity contribution >= 4 is 16.7 Å². The second-order valence-corrected chi connectivity index (χ2v) is 9.49. The minimum absolute atomic E-state index is 0.0293. The van der Waals surface area contributed by atoms with E-state index in [4.69, 9.17) is 4.74 Å². The Hall–Kier alpha value is -2.49. The van der Waals surface area contributed by atoms with Crippen LogP contribution in [0.2, 0.25) is 0 Å². The van der Waals surface area contributed by atoms with E-state index < -0.39 is 41.8 Å². The number of hydrogen-bond acceptors (Lipinski definition) is 4. The Bertz CT molecular complexity index is 1050. The molecule has 2 fully saturated rings. The molecule has 2 aromatic rings. The van der Waals surface area contributed by atoms with Gasteiger partial charge in [-0.25, -0.2) is 0 Å². The molecular weight excluding hydrogens is 476 g/mol. The topological polar surface area (TPSA) is 52.6 Å². The number of piperidine rings is 1. The third-order valence-corrected chi connectivity index (χ3v) is 7.09. The van der Waals surface area contributed by atoms with Crippen LogP contribution >= 0.6 is 0 Å². The van der Waals surface area contributed by atoms with Crippen LogP contribution in [0.15, 0.2) is 30.3 Å². The number of benzene rings is 2. The molecule has 0 amide bonds. The van der Waals surface area contributed by atoms with E-state index in [1.807, 2.05) is 0 Å². The van der Waals surface area contributed by atoms with E-state index in [9.17, 15) is 36.2 Å². The van der Waals surface area contributed by atoms with E-state index in [0.29, 0.717) is 37.9 Å². The number of halogens is 6. The van der Waals surface area contributed by atoms with Gasteiger partial charge in [0.1, 0.15) is 11.3 Å². The molecular formula is C25H26F6NO3-. The number of ether oxygens (including phenoxy) is 1. The highest BCUT2D eigenvalue weighted by molar-refractivity contribution is 5.89. The van der Waals surface area contributed by atoms with Gasteiger partial charge in [-0.1, -0.05) is 18.2 Å². The van der Waals surface area contributed by atoms with E-state index in [2.05, 4.69) is 4.90 Å².